The molecule has 0 radical (unpaired) electrons. The van der Waals surface area contributed by atoms with Crippen molar-refractivity contribution in [3.63, 3.8) is 0 Å². The highest BCUT2D eigenvalue weighted by molar-refractivity contribution is 7.18. The average Bonchev–Trinajstić information content (AvgIpc) is 2.96. The lowest BCUT2D eigenvalue weighted by Gasteiger charge is -2.19. The van der Waals surface area contributed by atoms with Crippen LogP contribution in [0.5, 0.6) is 0 Å². The second kappa shape index (κ2) is 8.18. The van der Waals surface area contributed by atoms with Crippen molar-refractivity contribution >= 4 is 33.9 Å². The van der Waals surface area contributed by atoms with Gasteiger partial charge >= 0.3 is 5.97 Å². The van der Waals surface area contributed by atoms with Crippen molar-refractivity contribution in [2.45, 2.75) is 20.8 Å². The lowest BCUT2D eigenvalue weighted by molar-refractivity contribution is 0.0533. The van der Waals surface area contributed by atoms with Crippen molar-refractivity contribution in [2.24, 2.45) is 0 Å². The number of ether oxygens (including phenoxy) is 1. The molecule has 1 heterocycles. The van der Waals surface area contributed by atoms with Crippen molar-refractivity contribution in [3.8, 4) is 17.2 Å². The number of carbonyl (C=O) groups is 1. The van der Waals surface area contributed by atoms with Crippen LogP contribution in [0.15, 0.2) is 24.3 Å². The summed E-state index contributed by atoms with van der Waals surface area (Å²) in [4.78, 5) is 15.0. The van der Waals surface area contributed by atoms with Gasteiger partial charge < -0.3 is 9.64 Å². The second-order valence-electron chi connectivity index (χ2n) is 5.00. The molecule has 1 aromatic carbocycles. The van der Waals surface area contributed by atoms with Crippen LogP contribution in [0.4, 0.5) is 5.00 Å². The van der Waals surface area contributed by atoms with Crippen LogP contribution in [-0.4, -0.2) is 25.7 Å². The fourth-order valence-corrected chi connectivity index (χ4v) is 3.91. The lowest BCUT2D eigenvalue weighted by Crippen LogP contribution is -2.21. The number of anilines is 1. The van der Waals surface area contributed by atoms with Gasteiger partial charge in [0.2, 0.25) is 0 Å². The van der Waals surface area contributed by atoms with Gasteiger partial charge in [0, 0.05) is 23.7 Å². The first kappa shape index (κ1) is 18.3. The molecule has 0 bridgehead atoms. The quantitative estimate of drug-likeness (QED) is 0.681. The summed E-state index contributed by atoms with van der Waals surface area (Å²) in [6.45, 7) is 7.62. The van der Waals surface area contributed by atoms with Gasteiger partial charge in [-0.05, 0) is 38.5 Å². The van der Waals surface area contributed by atoms with Crippen LogP contribution in [0.25, 0.3) is 11.1 Å². The summed E-state index contributed by atoms with van der Waals surface area (Å²) in [5.74, 6) is -0.401. The number of halogens is 1. The molecule has 0 atom stereocenters. The Morgan fingerprint density at radius 3 is 2.38 bits per heavy atom. The smallest absolute Gasteiger partial charge is 0.349 e. The monoisotopic (exact) mass is 362 g/mol. The van der Waals surface area contributed by atoms with Gasteiger partial charge in [0.1, 0.15) is 15.9 Å². The minimum absolute atomic E-state index is 0.291. The van der Waals surface area contributed by atoms with E-state index in [2.05, 4.69) is 11.0 Å². The van der Waals surface area contributed by atoms with Gasteiger partial charge in [-0.2, -0.15) is 5.26 Å². The van der Waals surface area contributed by atoms with Gasteiger partial charge in [0.15, 0.2) is 0 Å². The maximum absolute atomic E-state index is 12.4. The van der Waals surface area contributed by atoms with Crippen molar-refractivity contribution in [2.75, 3.05) is 24.6 Å². The van der Waals surface area contributed by atoms with E-state index < -0.39 is 5.97 Å². The first-order valence-electron chi connectivity index (χ1n) is 7.82. The number of benzene rings is 1. The largest absolute Gasteiger partial charge is 0.462 e. The minimum atomic E-state index is -0.401. The predicted molar refractivity (Wildman–Crippen MR) is 99.0 cm³/mol. The third-order valence-corrected chi connectivity index (χ3v) is 5.13. The molecular formula is C18H19ClN2O2S. The van der Waals surface area contributed by atoms with Crippen molar-refractivity contribution in [1.82, 2.24) is 0 Å². The standard InChI is InChI=1S/C18H19ClN2O2S/c1-4-21(5-2)17-14(11-20)15(12-7-9-13(19)10-8-12)16(24-17)18(22)23-6-3/h7-10H,4-6H2,1-3H3. The summed E-state index contributed by atoms with van der Waals surface area (Å²) >= 11 is 7.27. The molecule has 24 heavy (non-hydrogen) atoms. The maximum atomic E-state index is 12.4. The topological polar surface area (TPSA) is 53.3 Å². The molecule has 2 aromatic rings. The highest BCUT2D eigenvalue weighted by Gasteiger charge is 2.27. The van der Waals surface area contributed by atoms with E-state index in [1.165, 1.54) is 11.3 Å². The Balaban J connectivity index is 2.71. The SMILES string of the molecule is CCOC(=O)c1sc(N(CC)CC)c(C#N)c1-c1ccc(Cl)cc1. The molecule has 0 spiro atoms. The fraction of sp³-hybridized carbons (Fsp3) is 0.333. The predicted octanol–water partition coefficient (Wildman–Crippen LogP) is 4.96. The van der Waals surface area contributed by atoms with Crippen LogP contribution in [0, 0.1) is 11.3 Å². The Morgan fingerprint density at radius 1 is 1.25 bits per heavy atom. The normalized spacial score (nSPS) is 10.3. The van der Waals surface area contributed by atoms with Crippen molar-refractivity contribution in [3.05, 3.63) is 39.7 Å². The molecule has 1 aromatic heterocycles. The Hall–Kier alpha value is -2.03. The van der Waals surface area contributed by atoms with Gasteiger partial charge in [-0.15, -0.1) is 11.3 Å². The second-order valence-corrected chi connectivity index (χ2v) is 6.43. The first-order valence-corrected chi connectivity index (χ1v) is 9.01. The summed E-state index contributed by atoms with van der Waals surface area (Å²) in [7, 11) is 0. The number of hydrogen-bond acceptors (Lipinski definition) is 5. The fourth-order valence-electron chi connectivity index (χ4n) is 2.49. The molecule has 4 nitrogen and oxygen atoms in total. The van der Waals surface area contributed by atoms with Crippen LogP contribution >= 0.6 is 22.9 Å². The molecule has 0 saturated heterocycles. The number of nitrogens with zero attached hydrogens (tertiary/aromatic N) is 2. The minimum Gasteiger partial charge on any atom is -0.462 e. The van der Waals surface area contributed by atoms with E-state index in [0.29, 0.717) is 27.6 Å². The molecule has 0 saturated carbocycles. The van der Waals surface area contributed by atoms with E-state index in [1.54, 1.807) is 19.1 Å². The highest BCUT2D eigenvalue weighted by Crippen LogP contribution is 2.42. The van der Waals surface area contributed by atoms with Gasteiger partial charge in [-0.3, -0.25) is 0 Å². The molecule has 126 valence electrons. The summed E-state index contributed by atoms with van der Waals surface area (Å²) < 4.78 is 5.19. The number of hydrogen-bond donors (Lipinski definition) is 0. The molecule has 0 N–H and O–H groups in total. The lowest BCUT2D eigenvalue weighted by atomic mass is 10.0. The van der Waals surface area contributed by atoms with Crippen LogP contribution in [0.2, 0.25) is 5.02 Å². The first-order chi connectivity index (χ1) is 11.6. The molecule has 0 aliphatic rings. The summed E-state index contributed by atoms with van der Waals surface area (Å²) in [6, 6.07) is 9.41. The maximum Gasteiger partial charge on any atom is 0.349 e. The number of thiophene rings is 1. The molecule has 0 aliphatic heterocycles. The number of esters is 1. The van der Waals surface area contributed by atoms with E-state index in [-0.39, 0.29) is 0 Å². The number of nitriles is 1. The molecule has 0 aliphatic carbocycles. The van der Waals surface area contributed by atoms with E-state index in [4.69, 9.17) is 16.3 Å². The molecule has 0 unspecified atom stereocenters. The van der Waals surface area contributed by atoms with E-state index in [0.717, 1.165) is 23.7 Å². The van der Waals surface area contributed by atoms with E-state index >= 15 is 0 Å². The zero-order chi connectivity index (χ0) is 17.7. The van der Waals surface area contributed by atoms with Gasteiger partial charge in [0.25, 0.3) is 0 Å². The Labute approximate surface area is 151 Å². The van der Waals surface area contributed by atoms with Crippen molar-refractivity contribution in [1.29, 1.82) is 5.26 Å². The van der Waals surface area contributed by atoms with Crippen LogP contribution in [-0.2, 0) is 4.74 Å². The highest BCUT2D eigenvalue weighted by atomic mass is 35.5. The molecular weight excluding hydrogens is 344 g/mol. The van der Waals surface area contributed by atoms with Gasteiger partial charge in [-0.1, -0.05) is 23.7 Å². The molecule has 0 fully saturated rings. The zero-order valence-electron chi connectivity index (χ0n) is 13.9. The van der Waals surface area contributed by atoms with Crippen LogP contribution in [0.3, 0.4) is 0 Å². The molecule has 6 heteroatoms. The number of carbonyl (C=O) groups excluding carboxylic acids is 1. The van der Waals surface area contributed by atoms with E-state index in [9.17, 15) is 10.1 Å². The van der Waals surface area contributed by atoms with Crippen molar-refractivity contribution < 1.29 is 9.53 Å². The third-order valence-electron chi connectivity index (χ3n) is 3.65. The Morgan fingerprint density at radius 2 is 1.88 bits per heavy atom. The third kappa shape index (κ3) is 3.55. The average molecular weight is 363 g/mol. The summed E-state index contributed by atoms with van der Waals surface area (Å²) in [5, 5.41) is 11.1. The summed E-state index contributed by atoms with van der Waals surface area (Å²) in [6.07, 6.45) is 0. The van der Waals surface area contributed by atoms with Crippen LogP contribution < -0.4 is 4.90 Å². The summed E-state index contributed by atoms with van der Waals surface area (Å²) in [5.41, 5.74) is 1.92. The van der Waals surface area contributed by atoms with Crippen LogP contribution in [0.1, 0.15) is 36.0 Å². The van der Waals surface area contributed by atoms with E-state index in [1.807, 2.05) is 26.0 Å². The Bertz CT molecular complexity index is 759. The van der Waals surface area contributed by atoms with Gasteiger partial charge in [-0.25, -0.2) is 4.79 Å². The molecule has 2 rings (SSSR count). The Kier molecular flexibility index (Phi) is 6.24. The number of rotatable bonds is 6. The zero-order valence-corrected chi connectivity index (χ0v) is 15.5. The molecule has 0 amide bonds. The van der Waals surface area contributed by atoms with Gasteiger partial charge in [0.05, 0.1) is 12.2 Å².